The number of benzene rings is 1. The van der Waals surface area contributed by atoms with E-state index < -0.39 is 6.61 Å². The van der Waals surface area contributed by atoms with Gasteiger partial charge < -0.3 is 20.5 Å². The van der Waals surface area contributed by atoms with Crippen molar-refractivity contribution in [2.75, 3.05) is 25.1 Å². The Morgan fingerprint density at radius 1 is 1.44 bits per heavy atom. The van der Waals surface area contributed by atoms with Crippen molar-refractivity contribution < 1.29 is 23.0 Å². The topological polar surface area (TPSA) is 115 Å². The molecule has 0 bridgehead atoms. The zero-order valence-corrected chi connectivity index (χ0v) is 14.1. The van der Waals surface area contributed by atoms with Crippen molar-refractivity contribution in [1.82, 2.24) is 20.5 Å². The first-order chi connectivity index (χ1) is 12.0. The quantitative estimate of drug-likeness (QED) is 0.570. The Labute approximate surface area is 146 Å². The number of anilines is 1. The first-order valence-electron chi connectivity index (χ1n) is 7.17. The molecule has 0 spiro atoms. The molecule has 0 aliphatic heterocycles. The summed E-state index contributed by atoms with van der Waals surface area (Å²) in [5.41, 5.74) is 6.20. The van der Waals surface area contributed by atoms with Crippen molar-refractivity contribution in [3.05, 3.63) is 23.8 Å². The highest BCUT2D eigenvalue weighted by Gasteiger charge is 2.11. The van der Waals surface area contributed by atoms with Crippen molar-refractivity contribution in [2.24, 2.45) is 0 Å². The molecule has 1 amide bonds. The van der Waals surface area contributed by atoms with Crippen LogP contribution in [0, 0.1) is 0 Å². The van der Waals surface area contributed by atoms with Gasteiger partial charge in [-0.2, -0.15) is 13.8 Å². The third kappa shape index (κ3) is 6.10. The molecule has 0 fully saturated rings. The highest BCUT2D eigenvalue weighted by molar-refractivity contribution is 7.99. The number of amides is 1. The maximum atomic E-state index is 12.3. The first-order valence-corrected chi connectivity index (χ1v) is 8.15. The number of carbonyl (C=O) groups excluding carboxylic acids is 1. The number of methoxy groups -OCH3 is 1. The highest BCUT2D eigenvalue weighted by atomic mass is 32.2. The molecule has 8 nitrogen and oxygen atoms in total. The van der Waals surface area contributed by atoms with E-state index in [4.69, 9.17) is 10.5 Å². The predicted octanol–water partition coefficient (Wildman–Crippen LogP) is 1.45. The SMILES string of the molecule is COc1cc(CCNC(=O)CSc2n[nH]c(N)n2)ccc1OC(F)F. The Hall–Kier alpha value is -2.56. The summed E-state index contributed by atoms with van der Waals surface area (Å²) in [6.07, 6.45) is 0.509. The van der Waals surface area contributed by atoms with Crippen molar-refractivity contribution in [3.63, 3.8) is 0 Å². The third-order valence-corrected chi connectivity index (χ3v) is 3.84. The lowest BCUT2D eigenvalue weighted by Crippen LogP contribution is -2.27. The number of aromatic amines is 1. The largest absolute Gasteiger partial charge is 0.493 e. The Balaban J connectivity index is 1.77. The average Bonchev–Trinajstić information content (AvgIpc) is 2.99. The zero-order chi connectivity index (χ0) is 18.2. The van der Waals surface area contributed by atoms with E-state index in [1.807, 2.05) is 0 Å². The van der Waals surface area contributed by atoms with Crippen molar-refractivity contribution in [2.45, 2.75) is 18.2 Å². The molecule has 1 aromatic heterocycles. The molecule has 2 aromatic rings. The highest BCUT2D eigenvalue weighted by Crippen LogP contribution is 2.29. The Morgan fingerprint density at radius 3 is 2.88 bits per heavy atom. The number of hydrogen-bond donors (Lipinski definition) is 3. The fraction of sp³-hybridized carbons (Fsp3) is 0.357. The average molecular weight is 373 g/mol. The number of hydrogen-bond acceptors (Lipinski definition) is 7. The van der Waals surface area contributed by atoms with Crippen molar-refractivity contribution in [1.29, 1.82) is 0 Å². The van der Waals surface area contributed by atoms with E-state index >= 15 is 0 Å². The van der Waals surface area contributed by atoms with Crippen molar-refractivity contribution in [3.8, 4) is 11.5 Å². The molecular formula is C14H17F2N5O3S. The van der Waals surface area contributed by atoms with Gasteiger partial charge in [-0.25, -0.2) is 5.10 Å². The van der Waals surface area contributed by atoms with Gasteiger partial charge in [-0.05, 0) is 24.1 Å². The fourth-order valence-electron chi connectivity index (χ4n) is 1.91. The number of halogens is 2. The number of thioether (sulfide) groups is 1. The number of nitrogens with two attached hydrogens (primary N) is 1. The Morgan fingerprint density at radius 2 is 2.24 bits per heavy atom. The fourth-order valence-corrected chi connectivity index (χ4v) is 2.55. The predicted molar refractivity (Wildman–Crippen MR) is 87.9 cm³/mol. The van der Waals surface area contributed by atoms with Gasteiger partial charge in [0.15, 0.2) is 11.5 Å². The van der Waals surface area contributed by atoms with Gasteiger partial charge in [0.1, 0.15) is 0 Å². The smallest absolute Gasteiger partial charge is 0.387 e. The number of nitrogens with zero attached hydrogens (tertiary/aromatic N) is 2. The monoisotopic (exact) mass is 373 g/mol. The molecule has 0 aliphatic carbocycles. The molecule has 11 heteroatoms. The minimum absolute atomic E-state index is 0.0348. The van der Waals surface area contributed by atoms with Crippen LogP contribution in [-0.2, 0) is 11.2 Å². The van der Waals surface area contributed by atoms with Crippen LogP contribution in [0.15, 0.2) is 23.4 Å². The second kappa shape index (κ2) is 9.06. The van der Waals surface area contributed by atoms with Crippen LogP contribution in [0.5, 0.6) is 11.5 Å². The molecule has 0 saturated heterocycles. The molecular weight excluding hydrogens is 356 g/mol. The van der Waals surface area contributed by atoms with E-state index in [1.54, 1.807) is 12.1 Å². The molecule has 0 saturated carbocycles. The molecule has 1 aromatic carbocycles. The lowest BCUT2D eigenvalue weighted by Gasteiger charge is -2.11. The van der Waals surface area contributed by atoms with Gasteiger partial charge in [-0.15, -0.1) is 5.10 Å². The summed E-state index contributed by atoms with van der Waals surface area (Å²) in [5.74, 6) is 0.338. The Bertz CT molecular complexity index is 714. The molecule has 0 atom stereocenters. The van der Waals surface area contributed by atoms with Gasteiger partial charge in [-0.1, -0.05) is 17.8 Å². The van der Waals surface area contributed by atoms with E-state index in [0.29, 0.717) is 18.1 Å². The standard InChI is InChI=1S/C14H17F2N5O3S/c1-23-10-6-8(2-3-9(10)24-12(15)16)4-5-18-11(22)7-25-14-19-13(17)20-21-14/h2-3,6,12H,4-5,7H2,1H3,(H,18,22)(H3,17,19,20,21). The van der Waals surface area contributed by atoms with Crippen LogP contribution in [-0.4, -0.2) is 47.1 Å². The third-order valence-electron chi connectivity index (χ3n) is 2.99. The number of nitrogen functional groups attached to an aromatic ring is 1. The second-order valence-corrected chi connectivity index (χ2v) is 5.70. The number of carbonyl (C=O) groups is 1. The van der Waals surface area contributed by atoms with Gasteiger partial charge in [0, 0.05) is 6.54 Å². The number of ether oxygens (including phenoxy) is 2. The van der Waals surface area contributed by atoms with Gasteiger partial charge >= 0.3 is 6.61 Å². The summed E-state index contributed by atoms with van der Waals surface area (Å²) in [5, 5.41) is 9.42. The molecule has 136 valence electrons. The summed E-state index contributed by atoms with van der Waals surface area (Å²) in [4.78, 5) is 15.6. The van der Waals surface area contributed by atoms with E-state index in [2.05, 4.69) is 25.2 Å². The van der Waals surface area contributed by atoms with Crippen LogP contribution in [0.4, 0.5) is 14.7 Å². The van der Waals surface area contributed by atoms with Crippen LogP contribution in [0.2, 0.25) is 0 Å². The minimum Gasteiger partial charge on any atom is -0.493 e. The zero-order valence-electron chi connectivity index (χ0n) is 13.3. The summed E-state index contributed by atoms with van der Waals surface area (Å²) in [7, 11) is 1.37. The van der Waals surface area contributed by atoms with Gasteiger partial charge in [0.2, 0.25) is 17.0 Å². The van der Waals surface area contributed by atoms with Crippen molar-refractivity contribution >= 4 is 23.6 Å². The maximum absolute atomic E-state index is 12.3. The van der Waals surface area contributed by atoms with Crippen LogP contribution in [0.1, 0.15) is 5.56 Å². The molecule has 0 radical (unpaired) electrons. The molecule has 25 heavy (non-hydrogen) atoms. The van der Waals surface area contributed by atoms with Crippen LogP contribution in [0.25, 0.3) is 0 Å². The molecule has 0 unspecified atom stereocenters. The summed E-state index contributed by atoms with van der Waals surface area (Å²) < 4.78 is 33.9. The summed E-state index contributed by atoms with van der Waals surface area (Å²) in [6.45, 7) is -2.54. The summed E-state index contributed by atoms with van der Waals surface area (Å²) in [6, 6.07) is 4.64. The van der Waals surface area contributed by atoms with E-state index in [-0.39, 0.29) is 29.1 Å². The van der Waals surface area contributed by atoms with Crippen LogP contribution >= 0.6 is 11.8 Å². The number of alkyl halides is 2. The molecule has 0 aliphatic rings. The number of nitrogens with one attached hydrogen (secondary N) is 2. The maximum Gasteiger partial charge on any atom is 0.387 e. The second-order valence-electron chi connectivity index (χ2n) is 4.76. The van der Waals surface area contributed by atoms with Gasteiger partial charge in [0.05, 0.1) is 12.9 Å². The molecule has 4 N–H and O–H groups in total. The number of H-pyrrole nitrogens is 1. The van der Waals surface area contributed by atoms with Gasteiger partial charge in [-0.3, -0.25) is 4.79 Å². The minimum atomic E-state index is -2.92. The van der Waals surface area contributed by atoms with E-state index in [0.717, 1.165) is 17.3 Å². The number of rotatable bonds is 9. The lowest BCUT2D eigenvalue weighted by atomic mass is 10.1. The summed E-state index contributed by atoms with van der Waals surface area (Å²) >= 11 is 1.16. The molecule has 2 rings (SSSR count). The Kier molecular flexibility index (Phi) is 6.81. The van der Waals surface area contributed by atoms with E-state index in [1.165, 1.54) is 13.2 Å². The number of aromatic nitrogens is 3. The normalized spacial score (nSPS) is 10.7. The lowest BCUT2D eigenvalue weighted by molar-refractivity contribution is -0.118. The first kappa shape index (κ1) is 18.8. The molecule has 1 heterocycles. The van der Waals surface area contributed by atoms with Crippen LogP contribution < -0.4 is 20.5 Å². The van der Waals surface area contributed by atoms with Gasteiger partial charge in [0.25, 0.3) is 0 Å². The van der Waals surface area contributed by atoms with E-state index in [9.17, 15) is 13.6 Å². The van der Waals surface area contributed by atoms with Crippen LogP contribution in [0.3, 0.4) is 0 Å².